The lowest BCUT2D eigenvalue weighted by Gasteiger charge is -2.20. The highest BCUT2D eigenvalue weighted by atomic mass is 16.7. The van der Waals surface area contributed by atoms with Crippen molar-refractivity contribution < 1.29 is 43.2 Å². The first-order valence-corrected chi connectivity index (χ1v) is 7.60. The second kappa shape index (κ2) is 7.72. The van der Waals surface area contributed by atoms with Gasteiger partial charge in [-0.15, -0.1) is 10.1 Å². The lowest BCUT2D eigenvalue weighted by Crippen LogP contribution is -2.46. The molecule has 2 heterocycles. The predicted octanol–water partition coefficient (Wildman–Crippen LogP) is -1.90. The van der Waals surface area contributed by atoms with Crippen LogP contribution < -0.4 is 5.32 Å². The minimum atomic E-state index is -1.59. The fraction of sp³-hybridized carbons (Fsp3) is 0.500. The molecule has 1 N–H and O–H groups in total. The molecular weight excluding hydrogens is 354 g/mol. The van der Waals surface area contributed by atoms with Crippen LogP contribution in [0.2, 0.25) is 0 Å². The van der Waals surface area contributed by atoms with Gasteiger partial charge in [0.15, 0.2) is 0 Å². The van der Waals surface area contributed by atoms with E-state index in [0.717, 1.165) is 6.92 Å². The molecule has 26 heavy (non-hydrogen) atoms. The average Bonchev–Trinajstić information content (AvgIpc) is 3.04. The quantitative estimate of drug-likeness (QED) is 0.528. The molecule has 0 aromatic heterocycles. The molecule has 5 amide bonds. The Hall–Kier alpha value is -3.31. The topological polar surface area (TPSA) is 156 Å². The lowest BCUT2D eigenvalue weighted by atomic mass is 10.2. The first-order valence-electron chi connectivity index (χ1n) is 7.60. The van der Waals surface area contributed by atoms with Crippen LogP contribution in [0.4, 0.5) is 0 Å². The van der Waals surface area contributed by atoms with Gasteiger partial charge in [-0.3, -0.25) is 24.0 Å². The molecule has 1 unspecified atom stereocenters. The normalized spacial score (nSPS) is 18.2. The van der Waals surface area contributed by atoms with E-state index in [1.165, 1.54) is 0 Å². The molecule has 12 heteroatoms. The van der Waals surface area contributed by atoms with Crippen LogP contribution in [0.15, 0.2) is 0 Å². The molecule has 140 valence electrons. The molecule has 2 rings (SSSR count). The van der Waals surface area contributed by atoms with Crippen LogP contribution in [-0.2, 0) is 43.2 Å². The van der Waals surface area contributed by atoms with Crippen LogP contribution in [0.3, 0.4) is 0 Å². The smallest absolute Gasteiger partial charge is 0.342 e. The Labute approximate surface area is 146 Å². The molecule has 2 aliphatic heterocycles. The Balaban J connectivity index is 2.00. The van der Waals surface area contributed by atoms with Crippen LogP contribution in [0, 0.1) is 0 Å². The molecule has 0 spiro atoms. The van der Waals surface area contributed by atoms with Crippen LogP contribution in [0.5, 0.6) is 0 Å². The van der Waals surface area contributed by atoms with E-state index in [0.29, 0.717) is 0 Å². The van der Waals surface area contributed by atoms with Crippen molar-refractivity contribution in [2.24, 2.45) is 0 Å². The summed E-state index contributed by atoms with van der Waals surface area (Å²) in [7, 11) is 0. The molecule has 0 aromatic rings. The van der Waals surface area contributed by atoms with E-state index in [1.807, 2.05) is 0 Å². The summed E-state index contributed by atoms with van der Waals surface area (Å²) < 4.78 is 0. The zero-order chi connectivity index (χ0) is 19.4. The second-order valence-corrected chi connectivity index (χ2v) is 5.49. The zero-order valence-electron chi connectivity index (χ0n) is 13.7. The molecule has 1 atom stereocenters. The predicted molar refractivity (Wildman–Crippen MR) is 76.6 cm³/mol. The van der Waals surface area contributed by atoms with E-state index in [2.05, 4.69) is 15.0 Å². The summed E-state index contributed by atoms with van der Waals surface area (Å²) >= 11 is 0. The Morgan fingerprint density at radius 1 is 0.885 bits per heavy atom. The number of amides is 5. The van der Waals surface area contributed by atoms with Gasteiger partial charge in [-0.25, -0.2) is 9.59 Å². The SMILES string of the molecule is CC(=O)NC(CC(=O)ON1C(=O)CCC1=O)C(=O)ON1C(=O)CCC1=O. The minimum Gasteiger partial charge on any atom is -0.342 e. The van der Waals surface area contributed by atoms with Gasteiger partial charge >= 0.3 is 11.9 Å². The molecule has 2 fully saturated rings. The third kappa shape index (κ3) is 4.40. The van der Waals surface area contributed by atoms with E-state index in [-0.39, 0.29) is 35.8 Å². The Morgan fingerprint density at radius 3 is 1.73 bits per heavy atom. The molecule has 2 aliphatic rings. The van der Waals surface area contributed by atoms with Crippen molar-refractivity contribution in [1.82, 2.24) is 15.4 Å². The summed E-state index contributed by atoms with van der Waals surface area (Å²) in [6, 6.07) is -1.59. The fourth-order valence-electron chi connectivity index (χ4n) is 2.21. The van der Waals surface area contributed by atoms with Crippen LogP contribution in [0.25, 0.3) is 0 Å². The van der Waals surface area contributed by atoms with E-state index in [4.69, 9.17) is 0 Å². The van der Waals surface area contributed by atoms with Gasteiger partial charge in [0, 0.05) is 32.6 Å². The molecular formula is C14H15N3O9. The maximum Gasteiger partial charge on any atom is 0.355 e. The highest BCUT2D eigenvalue weighted by molar-refractivity contribution is 6.03. The van der Waals surface area contributed by atoms with E-state index < -0.39 is 53.9 Å². The highest BCUT2D eigenvalue weighted by Gasteiger charge is 2.37. The molecule has 0 bridgehead atoms. The molecule has 0 saturated carbocycles. The van der Waals surface area contributed by atoms with Gasteiger partial charge in [-0.05, 0) is 0 Å². The molecule has 0 aliphatic carbocycles. The maximum absolute atomic E-state index is 12.1. The Morgan fingerprint density at radius 2 is 1.31 bits per heavy atom. The number of carbonyl (C=O) groups excluding carboxylic acids is 7. The fourth-order valence-corrected chi connectivity index (χ4v) is 2.21. The molecule has 0 radical (unpaired) electrons. The first kappa shape index (κ1) is 19.0. The monoisotopic (exact) mass is 369 g/mol. The van der Waals surface area contributed by atoms with Gasteiger partial charge in [-0.2, -0.15) is 0 Å². The Bertz CT molecular complexity index is 670. The summed E-state index contributed by atoms with van der Waals surface area (Å²) in [6.45, 7) is 1.06. The van der Waals surface area contributed by atoms with Crippen LogP contribution in [0.1, 0.15) is 39.0 Å². The number of hydrogen-bond donors (Lipinski definition) is 1. The number of rotatable bonds is 6. The summed E-state index contributed by atoms with van der Waals surface area (Å²) in [4.78, 5) is 90.1. The Kier molecular flexibility index (Phi) is 5.64. The number of carbonyl (C=O) groups is 7. The number of nitrogens with one attached hydrogen (secondary N) is 1. The van der Waals surface area contributed by atoms with Gasteiger partial charge in [0.2, 0.25) is 5.91 Å². The van der Waals surface area contributed by atoms with Crippen molar-refractivity contribution in [2.45, 2.75) is 45.1 Å². The number of imide groups is 2. The lowest BCUT2D eigenvalue weighted by molar-refractivity contribution is -0.203. The van der Waals surface area contributed by atoms with E-state index in [9.17, 15) is 33.6 Å². The van der Waals surface area contributed by atoms with Crippen molar-refractivity contribution >= 4 is 41.5 Å². The van der Waals surface area contributed by atoms with Crippen molar-refractivity contribution in [2.75, 3.05) is 0 Å². The van der Waals surface area contributed by atoms with Crippen LogP contribution >= 0.6 is 0 Å². The van der Waals surface area contributed by atoms with Gasteiger partial charge in [0.1, 0.15) is 6.04 Å². The van der Waals surface area contributed by atoms with E-state index >= 15 is 0 Å². The largest absolute Gasteiger partial charge is 0.355 e. The van der Waals surface area contributed by atoms with Gasteiger partial charge in [0.25, 0.3) is 23.6 Å². The number of nitrogens with zero attached hydrogens (tertiary/aromatic N) is 2. The molecule has 12 nitrogen and oxygen atoms in total. The summed E-state index contributed by atoms with van der Waals surface area (Å²) in [5.41, 5.74) is 0. The van der Waals surface area contributed by atoms with Crippen molar-refractivity contribution in [1.29, 1.82) is 0 Å². The maximum atomic E-state index is 12.1. The van der Waals surface area contributed by atoms with E-state index in [1.54, 1.807) is 0 Å². The first-order chi connectivity index (χ1) is 12.2. The van der Waals surface area contributed by atoms with Crippen molar-refractivity contribution in [3.05, 3.63) is 0 Å². The summed E-state index contributed by atoms with van der Waals surface area (Å²) in [5, 5.41) is 2.65. The molecule has 2 saturated heterocycles. The summed E-state index contributed by atoms with van der Waals surface area (Å²) in [6.07, 6.45) is -1.26. The van der Waals surface area contributed by atoms with Gasteiger partial charge in [-0.1, -0.05) is 0 Å². The van der Waals surface area contributed by atoms with Gasteiger partial charge in [0.05, 0.1) is 6.42 Å². The summed E-state index contributed by atoms with van der Waals surface area (Å²) in [5.74, 6) is -6.01. The van der Waals surface area contributed by atoms with Gasteiger partial charge < -0.3 is 15.0 Å². The standard InChI is InChI=1S/C14H15N3O9/c1-7(18)15-8(14(24)26-17-11(21)4-5-12(17)22)6-13(23)25-16-9(19)2-3-10(16)20/h8H,2-6H2,1H3,(H,15,18). The zero-order valence-corrected chi connectivity index (χ0v) is 13.7. The third-order valence-corrected chi connectivity index (χ3v) is 3.42. The highest BCUT2D eigenvalue weighted by Crippen LogP contribution is 2.15. The van der Waals surface area contributed by atoms with Crippen molar-refractivity contribution in [3.8, 4) is 0 Å². The number of hydroxylamine groups is 4. The second-order valence-electron chi connectivity index (χ2n) is 5.49. The third-order valence-electron chi connectivity index (χ3n) is 3.42. The molecule has 0 aromatic carbocycles. The minimum absolute atomic E-state index is 0.109. The average molecular weight is 369 g/mol. The van der Waals surface area contributed by atoms with Crippen molar-refractivity contribution in [3.63, 3.8) is 0 Å². The number of hydrogen-bond acceptors (Lipinski definition) is 9. The van der Waals surface area contributed by atoms with Crippen LogP contribution in [-0.4, -0.2) is 57.6 Å².